The third-order valence-corrected chi connectivity index (χ3v) is 5.35. The second kappa shape index (κ2) is 11.1. The number of rotatable bonds is 6. The second-order valence-corrected chi connectivity index (χ2v) is 7.03. The van der Waals surface area contributed by atoms with Crippen LogP contribution in [0.25, 0.3) is 0 Å². The van der Waals surface area contributed by atoms with Gasteiger partial charge in [-0.1, -0.05) is 36.8 Å². The molecular weight excluding hydrogens is 373 g/mol. The fourth-order valence-corrected chi connectivity index (χ4v) is 3.37. The summed E-state index contributed by atoms with van der Waals surface area (Å²) < 4.78 is 5.49. The number of carbonyl (C=O) groups excluding carboxylic acids is 1. The van der Waals surface area contributed by atoms with E-state index in [9.17, 15) is 4.79 Å². The van der Waals surface area contributed by atoms with E-state index >= 15 is 0 Å². The Labute approximate surface area is 169 Å². The van der Waals surface area contributed by atoms with Gasteiger partial charge in [0.25, 0.3) is 0 Å². The van der Waals surface area contributed by atoms with Gasteiger partial charge in [-0.05, 0) is 31.5 Å². The normalized spacial score (nSPS) is 20.1. The van der Waals surface area contributed by atoms with Gasteiger partial charge in [0.05, 0.1) is 19.3 Å². The van der Waals surface area contributed by atoms with Crippen LogP contribution in [0.3, 0.4) is 0 Å². The molecule has 26 heavy (non-hydrogen) atoms. The van der Waals surface area contributed by atoms with Crippen LogP contribution in [0.15, 0.2) is 24.3 Å². The first-order valence-electron chi connectivity index (χ1n) is 9.02. The predicted octanol–water partition coefficient (Wildman–Crippen LogP) is 2.18. The lowest BCUT2D eigenvalue weighted by atomic mass is 9.88. The molecule has 0 saturated carbocycles. The van der Waals surface area contributed by atoms with E-state index in [0.29, 0.717) is 12.5 Å². The zero-order valence-electron chi connectivity index (χ0n) is 15.6. The van der Waals surface area contributed by atoms with Crippen molar-refractivity contribution in [3.63, 3.8) is 0 Å². The number of aryl methyl sites for hydroxylation is 1. The quantitative estimate of drug-likeness (QED) is 0.763. The third-order valence-electron chi connectivity index (χ3n) is 5.35. The maximum absolute atomic E-state index is 12.5. The topological polar surface area (TPSA) is 53.6 Å². The van der Waals surface area contributed by atoms with Crippen molar-refractivity contribution in [2.24, 2.45) is 11.8 Å². The van der Waals surface area contributed by atoms with Gasteiger partial charge in [-0.25, -0.2) is 0 Å². The Kier molecular flexibility index (Phi) is 9.90. The zero-order chi connectivity index (χ0) is 16.9. The molecule has 3 rings (SSSR count). The number of halogens is 2. The smallest absolute Gasteiger partial charge is 0.223 e. The third kappa shape index (κ3) is 5.83. The van der Waals surface area contributed by atoms with Crippen LogP contribution in [0.2, 0.25) is 0 Å². The van der Waals surface area contributed by atoms with Crippen molar-refractivity contribution in [3.8, 4) is 0 Å². The zero-order valence-corrected chi connectivity index (χ0v) is 17.2. The van der Waals surface area contributed by atoms with Gasteiger partial charge < -0.3 is 15.4 Å². The van der Waals surface area contributed by atoms with Gasteiger partial charge in [0, 0.05) is 25.6 Å². The van der Waals surface area contributed by atoms with Crippen molar-refractivity contribution < 1.29 is 9.53 Å². The van der Waals surface area contributed by atoms with E-state index < -0.39 is 0 Å². The van der Waals surface area contributed by atoms with Crippen LogP contribution in [0.1, 0.15) is 24.1 Å². The summed E-state index contributed by atoms with van der Waals surface area (Å²) in [5.74, 6) is 0.729. The van der Waals surface area contributed by atoms with Crippen molar-refractivity contribution in [1.82, 2.24) is 15.5 Å². The van der Waals surface area contributed by atoms with E-state index in [4.69, 9.17) is 4.74 Å². The monoisotopic (exact) mass is 403 g/mol. The van der Waals surface area contributed by atoms with Crippen LogP contribution in [0.4, 0.5) is 0 Å². The minimum Gasteiger partial charge on any atom is -0.379 e. The van der Waals surface area contributed by atoms with Crippen LogP contribution in [0.5, 0.6) is 0 Å². The van der Waals surface area contributed by atoms with Crippen LogP contribution < -0.4 is 10.6 Å². The van der Waals surface area contributed by atoms with E-state index in [2.05, 4.69) is 46.7 Å². The summed E-state index contributed by atoms with van der Waals surface area (Å²) in [6, 6.07) is 8.87. The van der Waals surface area contributed by atoms with Gasteiger partial charge in [0.15, 0.2) is 0 Å². The van der Waals surface area contributed by atoms with Crippen molar-refractivity contribution in [3.05, 3.63) is 35.4 Å². The minimum atomic E-state index is 0. The molecule has 0 bridgehead atoms. The first-order valence-corrected chi connectivity index (χ1v) is 9.02. The first-order chi connectivity index (χ1) is 11.6. The maximum Gasteiger partial charge on any atom is 0.223 e. The molecule has 2 heterocycles. The van der Waals surface area contributed by atoms with E-state index in [1.54, 1.807) is 0 Å². The van der Waals surface area contributed by atoms with Crippen LogP contribution in [0, 0.1) is 18.8 Å². The van der Waals surface area contributed by atoms with Gasteiger partial charge in [0.2, 0.25) is 5.91 Å². The highest BCUT2D eigenvalue weighted by molar-refractivity contribution is 5.85. The molecule has 1 aromatic carbocycles. The van der Waals surface area contributed by atoms with E-state index in [1.165, 1.54) is 11.1 Å². The number of carbonyl (C=O) groups is 1. The number of benzene rings is 1. The Morgan fingerprint density at radius 3 is 2.38 bits per heavy atom. The van der Waals surface area contributed by atoms with Crippen molar-refractivity contribution in [2.75, 3.05) is 45.9 Å². The molecule has 148 valence electrons. The molecule has 2 fully saturated rings. The number of ether oxygens (including phenoxy) is 1. The Balaban J connectivity index is 0.00000169. The summed E-state index contributed by atoms with van der Waals surface area (Å²) in [4.78, 5) is 14.9. The summed E-state index contributed by atoms with van der Waals surface area (Å²) in [6.45, 7) is 10.1. The number of nitrogens with zero attached hydrogens (tertiary/aromatic N) is 1. The Morgan fingerprint density at radius 1 is 1.23 bits per heavy atom. The summed E-state index contributed by atoms with van der Waals surface area (Å²) in [5, 5.41) is 6.44. The Morgan fingerprint density at radius 2 is 1.85 bits per heavy atom. The summed E-state index contributed by atoms with van der Waals surface area (Å²) in [7, 11) is 0. The number of morpholine rings is 1. The highest BCUT2D eigenvalue weighted by Gasteiger charge is 2.30. The SMILES string of the molecule is Cc1ccc(C(CNC(=O)C(C)C2CNC2)N2CCOCC2)cc1.Cl.Cl. The molecule has 2 unspecified atom stereocenters. The van der Waals surface area contributed by atoms with Crippen molar-refractivity contribution in [2.45, 2.75) is 19.9 Å². The molecule has 2 aliphatic heterocycles. The molecule has 5 nitrogen and oxygen atoms in total. The van der Waals surface area contributed by atoms with Gasteiger partial charge in [-0.2, -0.15) is 0 Å². The lowest BCUT2D eigenvalue weighted by Gasteiger charge is -2.36. The number of hydrogen-bond donors (Lipinski definition) is 2. The molecule has 7 heteroatoms. The molecule has 0 radical (unpaired) electrons. The summed E-state index contributed by atoms with van der Waals surface area (Å²) in [5.41, 5.74) is 2.52. The number of hydrogen-bond acceptors (Lipinski definition) is 4. The molecular formula is C19H31Cl2N3O2. The fourth-order valence-electron chi connectivity index (χ4n) is 3.37. The lowest BCUT2D eigenvalue weighted by molar-refractivity contribution is -0.127. The summed E-state index contributed by atoms with van der Waals surface area (Å²) in [6.07, 6.45) is 0. The van der Waals surface area contributed by atoms with Crippen molar-refractivity contribution in [1.29, 1.82) is 0 Å². The van der Waals surface area contributed by atoms with E-state index in [-0.39, 0.29) is 42.7 Å². The average Bonchev–Trinajstić information content (AvgIpc) is 2.56. The molecule has 0 aromatic heterocycles. The largest absolute Gasteiger partial charge is 0.379 e. The molecule has 2 saturated heterocycles. The summed E-state index contributed by atoms with van der Waals surface area (Å²) >= 11 is 0. The molecule has 2 aliphatic rings. The molecule has 2 atom stereocenters. The fraction of sp³-hybridized carbons (Fsp3) is 0.632. The molecule has 0 spiro atoms. The average molecular weight is 404 g/mol. The van der Waals surface area contributed by atoms with Crippen LogP contribution in [-0.4, -0.2) is 56.7 Å². The number of nitrogens with one attached hydrogen (secondary N) is 2. The number of amides is 1. The van der Waals surface area contributed by atoms with Crippen LogP contribution >= 0.6 is 24.8 Å². The molecule has 1 aromatic rings. The molecule has 1 amide bonds. The van der Waals surface area contributed by atoms with E-state index in [0.717, 1.165) is 39.4 Å². The molecule has 0 aliphatic carbocycles. The van der Waals surface area contributed by atoms with Gasteiger partial charge >= 0.3 is 0 Å². The van der Waals surface area contributed by atoms with Gasteiger partial charge in [-0.15, -0.1) is 24.8 Å². The minimum absolute atomic E-state index is 0. The van der Waals surface area contributed by atoms with E-state index in [1.807, 2.05) is 6.92 Å². The predicted molar refractivity (Wildman–Crippen MR) is 109 cm³/mol. The highest BCUT2D eigenvalue weighted by atomic mass is 35.5. The second-order valence-electron chi connectivity index (χ2n) is 7.03. The Hall–Kier alpha value is -0.850. The first kappa shape index (κ1) is 23.2. The standard InChI is InChI=1S/C19H29N3O2.2ClH/c1-14-3-5-16(6-4-14)18(22-7-9-24-10-8-22)13-21-19(23)15(2)17-11-20-12-17;;/h3-6,15,17-18,20H,7-13H2,1-2H3,(H,21,23);2*1H. The van der Waals surface area contributed by atoms with Crippen molar-refractivity contribution >= 4 is 30.7 Å². The van der Waals surface area contributed by atoms with Crippen LogP contribution in [-0.2, 0) is 9.53 Å². The molecule has 2 N–H and O–H groups in total. The van der Waals surface area contributed by atoms with Gasteiger partial charge in [-0.3, -0.25) is 9.69 Å². The highest BCUT2D eigenvalue weighted by Crippen LogP contribution is 2.22. The Bertz CT molecular complexity index is 546. The maximum atomic E-state index is 12.5. The lowest BCUT2D eigenvalue weighted by Crippen LogP contribution is -2.51. The van der Waals surface area contributed by atoms with Gasteiger partial charge in [0.1, 0.15) is 0 Å².